The highest BCUT2D eigenvalue weighted by Gasteiger charge is 2.12. The highest BCUT2D eigenvalue weighted by atomic mass is 19.1. The van der Waals surface area contributed by atoms with Gasteiger partial charge in [0.05, 0.1) is 0 Å². The lowest BCUT2D eigenvalue weighted by atomic mass is 9.94. The van der Waals surface area contributed by atoms with Crippen LogP contribution >= 0.6 is 0 Å². The summed E-state index contributed by atoms with van der Waals surface area (Å²) in [7, 11) is 1.77. The molecule has 0 atom stereocenters. The van der Waals surface area contributed by atoms with Gasteiger partial charge in [-0.15, -0.1) is 0 Å². The van der Waals surface area contributed by atoms with Gasteiger partial charge in [-0.05, 0) is 29.7 Å². The molecule has 0 aliphatic rings. The molecule has 28 heavy (non-hydrogen) atoms. The molecule has 2 heterocycles. The third-order valence-corrected chi connectivity index (χ3v) is 4.49. The van der Waals surface area contributed by atoms with Crippen molar-refractivity contribution in [2.45, 2.75) is 6.92 Å². The largest absolute Gasteiger partial charge is 0.357 e. The molecule has 1 N–H and O–H groups in total. The first kappa shape index (κ1) is 17.7. The van der Waals surface area contributed by atoms with Crippen molar-refractivity contribution in [2.75, 3.05) is 12.4 Å². The molecule has 0 aliphatic carbocycles. The SMILES string of the molecule is CNc1ncc(-c2ccccc2-c2ccc(-c3cnc(C)nc3)c(F)c2)cn1. The fraction of sp³-hybridized carbons (Fsp3) is 0.0909. The zero-order valence-corrected chi connectivity index (χ0v) is 15.5. The van der Waals surface area contributed by atoms with Crippen molar-refractivity contribution in [3.05, 3.63) is 78.9 Å². The summed E-state index contributed by atoms with van der Waals surface area (Å²) in [5.74, 6) is 0.889. The number of hydrogen-bond donors (Lipinski definition) is 1. The standard InChI is InChI=1S/C22H18FN5/c1-14-25-10-17(11-26-14)20-8-7-15(9-21(20)23)18-5-3-4-6-19(18)16-12-27-22(24-2)28-13-16/h3-13H,1-2H3,(H,24,27,28). The first-order chi connectivity index (χ1) is 13.7. The number of hydrogen-bond acceptors (Lipinski definition) is 5. The van der Waals surface area contributed by atoms with Gasteiger partial charge < -0.3 is 5.32 Å². The van der Waals surface area contributed by atoms with Gasteiger partial charge in [-0.2, -0.15) is 0 Å². The van der Waals surface area contributed by atoms with E-state index >= 15 is 0 Å². The lowest BCUT2D eigenvalue weighted by molar-refractivity contribution is 0.631. The van der Waals surface area contributed by atoms with E-state index < -0.39 is 0 Å². The molecule has 0 unspecified atom stereocenters. The Morgan fingerprint density at radius 1 is 0.714 bits per heavy atom. The zero-order valence-electron chi connectivity index (χ0n) is 15.5. The Bertz CT molecular complexity index is 1110. The summed E-state index contributed by atoms with van der Waals surface area (Å²) in [6.45, 7) is 1.80. The Morgan fingerprint density at radius 2 is 1.29 bits per heavy atom. The van der Waals surface area contributed by atoms with Gasteiger partial charge in [-0.1, -0.05) is 36.4 Å². The van der Waals surface area contributed by atoms with E-state index in [9.17, 15) is 4.39 Å². The van der Waals surface area contributed by atoms with Crippen LogP contribution in [0.4, 0.5) is 10.3 Å². The molecule has 138 valence electrons. The second kappa shape index (κ2) is 7.52. The Hall–Kier alpha value is -3.67. The predicted molar refractivity (Wildman–Crippen MR) is 108 cm³/mol. The van der Waals surface area contributed by atoms with Gasteiger partial charge in [-0.3, -0.25) is 0 Å². The van der Waals surface area contributed by atoms with Crippen molar-refractivity contribution in [3.8, 4) is 33.4 Å². The van der Waals surface area contributed by atoms with Crippen LogP contribution in [0.25, 0.3) is 33.4 Å². The molecule has 4 rings (SSSR count). The summed E-state index contributed by atoms with van der Waals surface area (Å²) in [6.07, 6.45) is 6.78. The van der Waals surface area contributed by atoms with E-state index in [0.29, 0.717) is 22.9 Å². The normalized spacial score (nSPS) is 10.7. The van der Waals surface area contributed by atoms with E-state index in [2.05, 4.69) is 25.3 Å². The van der Waals surface area contributed by atoms with Crippen molar-refractivity contribution >= 4 is 5.95 Å². The van der Waals surface area contributed by atoms with Gasteiger partial charge in [0, 0.05) is 48.5 Å². The van der Waals surface area contributed by atoms with Crippen molar-refractivity contribution in [2.24, 2.45) is 0 Å². The van der Waals surface area contributed by atoms with Crippen LogP contribution in [-0.4, -0.2) is 27.0 Å². The second-order valence-electron chi connectivity index (χ2n) is 6.30. The van der Waals surface area contributed by atoms with Crippen LogP contribution < -0.4 is 5.32 Å². The van der Waals surface area contributed by atoms with Crippen LogP contribution in [0.15, 0.2) is 67.3 Å². The summed E-state index contributed by atoms with van der Waals surface area (Å²) in [6, 6.07) is 13.0. The Balaban J connectivity index is 1.75. The molecule has 0 amide bonds. The molecule has 0 saturated carbocycles. The highest BCUT2D eigenvalue weighted by molar-refractivity contribution is 5.84. The number of benzene rings is 2. The zero-order chi connectivity index (χ0) is 19.5. The number of halogens is 1. The van der Waals surface area contributed by atoms with Gasteiger partial charge >= 0.3 is 0 Å². The van der Waals surface area contributed by atoms with Crippen LogP contribution in [0.5, 0.6) is 0 Å². The molecule has 5 nitrogen and oxygen atoms in total. The molecule has 0 fully saturated rings. The lowest BCUT2D eigenvalue weighted by Crippen LogP contribution is -1.96. The summed E-state index contributed by atoms with van der Waals surface area (Å²) in [4.78, 5) is 16.8. The molecule has 0 bridgehead atoms. The smallest absolute Gasteiger partial charge is 0.222 e. The molecule has 4 aromatic rings. The van der Waals surface area contributed by atoms with Crippen molar-refractivity contribution in [1.29, 1.82) is 0 Å². The summed E-state index contributed by atoms with van der Waals surface area (Å²) in [5.41, 5.74) is 4.63. The molecular formula is C22H18FN5. The van der Waals surface area contributed by atoms with Gasteiger partial charge in [0.25, 0.3) is 0 Å². The van der Waals surface area contributed by atoms with Gasteiger partial charge in [-0.25, -0.2) is 24.3 Å². The maximum atomic E-state index is 14.9. The minimum absolute atomic E-state index is 0.318. The number of nitrogens with zero attached hydrogens (tertiary/aromatic N) is 4. The minimum atomic E-state index is -0.318. The molecule has 2 aromatic heterocycles. The van der Waals surface area contributed by atoms with Crippen LogP contribution in [0, 0.1) is 12.7 Å². The van der Waals surface area contributed by atoms with Crippen LogP contribution in [-0.2, 0) is 0 Å². The number of nitrogens with one attached hydrogen (secondary N) is 1. The van der Waals surface area contributed by atoms with Crippen LogP contribution in [0.1, 0.15) is 5.82 Å². The maximum absolute atomic E-state index is 14.9. The molecule has 0 aliphatic heterocycles. The number of anilines is 1. The second-order valence-corrected chi connectivity index (χ2v) is 6.30. The Labute approximate surface area is 162 Å². The highest BCUT2D eigenvalue weighted by Crippen LogP contribution is 2.34. The topological polar surface area (TPSA) is 63.6 Å². The fourth-order valence-corrected chi connectivity index (χ4v) is 3.03. The van der Waals surface area contributed by atoms with E-state index in [0.717, 1.165) is 22.3 Å². The third kappa shape index (κ3) is 3.44. The minimum Gasteiger partial charge on any atom is -0.357 e. The lowest BCUT2D eigenvalue weighted by Gasteiger charge is -2.11. The van der Waals surface area contributed by atoms with E-state index in [-0.39, 0.29) is 5.82 Å². The van der Waals surface area contributed by atoms with E-state index in [1.807, 2.05) is 30.3 Å². The summed E-state index contributed by atoms with van der Waals surface area (Å²) < 4.78 is 14.9. The van der Waals surface area contributed by atoms with Crippen molar-refractivity contribution in [1.82, 2.24) is 19.9 Å². The first-order valence-electron chi connectivity index (χ1n) is 8.84. The Morgan fingerprint density at radius 3 is 1.89 bits per heavy atom. The van der Waals surface area contributed by atoms with E-state index in [4.69, 9.17) is 0 Å². The number of rotatable bonds is 4. The van der Waals surface area contributed by atoms with Gasteiger partial charge in [0.2, 0.25) is 5.95 Å². The Kier molecular flexibility index (Phi) is 4.76. The van der Waals surface area contributed by atoms with Crippen LogP contribution in [0.3, 0.4) is 0 Å². The average Bonchev–Trinajstić information content (AvgIpc) is 2.74. The molecule has 0 saturated heterocycles. The molecular weight excluding hydrogens is 353 g/mol. The molecule has 6 heteroatoms. The van der Waals surface area contributed by atoms with Gasteiger partial charge in [0.1, 0.15) is 11.6 Å². The maximum Gasteiger partial charge on any atom is 0.222 e. The summed E-state index contributed by atoms with van der Waals surface area (Å²) in [5, 5.41) is 2.90. The van der Waals surface area contributed by atoms with E-state index in [1.54, 1.807) is 44.8 Å². The molecule has 0 radical (unpaired) electrons. The first-order valence-corrected chi connectivity index (χ1v) is 8.84. The quantitative estimate of drug-likeness (QED) is 0.560. The predicted octanol–water partition coefficient (Wildman–Crippen LogP) is 4.76. The third-order valence-electron chi connectivity index (χ3n) is 4.49. The van der Waals surface area contributed by atoms with Crippen LogP contribution in [0.2, 0.25) is 0 Å². The van der Waals surface area contributed by atoms with Crippen molar-refractivity contribution < 1.29 is 4.39 Å². The fourth-order valence-electron chi connectivity index (χ4n) is 3.03. The monoisotopic (exact) mass is 371 g/mol. The van der Waals surface area contributed by atoms with Crippen molar-refractivity contribution in [3.63, 3.8) is 0 Å². The average molecular weight is 371 g/mol. The summed E-state index contributed by atoms with van der Waals surface area (Å²) >= 11 is 0. The van der Waals surface area contributed by atoms with Gasteiger partial charge in [0.15, 0.2) is 0 Å². The van der Waals surface area contributed by atoms with E-state index in [1.165, 1.54) is 6.07 Å². The number of aromatic nitrogens is 4. The number of aryl methyl sites for hydroxylation is 1. The molecule has 0 spiro atoms. The molecule has 2 aromatic carbocycles.